The Morgan fingerprint density at radius 2 is 2.14 bits per heavy atom. The van der Waals surface area contributed by atoms with E-state index < -0.39 is 0 Å². The Hall–Kier alpha value is -1.46. The summed E-state index contributed by atoms with van der Waals surface area (Å²) in [6.07, 6.45) is 1.83. The van der Waals surface area contributed by atoms with E-state index in [1.807, 2.05) is 24.4 Å². The highest BCUT2D eigenvalue weighted by Gasteiger charge is 2.11. The van der Waals surface area contributed by atoms with Crippen LogP contribution in [0.1, 0.15) is 30.1 Å². The van der Waals surface area contributed by atoms with Crippen molar-refractivity contribution in [2.45, 2.75) is 33.9 Å². The van der Waals surface area contributed by atoms with Gasteiger partial charge in [0, 0.05) is 24.7 Å². The number of aromatic nitrogens is 2. The van der Waals surface area contributed by atoms with Crippen molar-refractivity contribution in [2.75, 3.05) is 18.5 Å². The van der Waals surface area contributed by atoms with Gasteiger partial charge in [0.05, 0.1) is 17.9 Å². The third kappa shape index (κ3) is 4.79. The number of nitrogens with zero attached hydrogens (tertiary/aromatic N) is 3. The van der Waals surface area contributed by atoms with E-state index in [0.29, 0.717) is 5.92 Å². The Morgan fingerprint density at radius 3 is 2.81 bits per heavy atom. The first-order valence-corrected chi connectivity index (χ1v) is 8.16. The lowest BCUT2D eigenvalue weighted by Crippen LogP contribution is -2.18. The van der Waals surface area contributed by atoms with Gasteiger partial charge in [-0.05, 0) is 31.5 Å². The van der Waals surface area contributed by atoms with Crippen LogP contribution >= 0.6 is 11.3 Å². The molecule has 0 unspecified atom stereocenters. The Labute approximate surface area is 131 Å². The molecule has 0 aliphatic heterocycles. The van der Waals surface area contributed by atoms with Crippen LogP contribution in [0.15, 0.2) is 24.4 Å². The molecule has 0 amide bonds. The zero-order valence-corrected chi connectivity index (χ0v) is 14.1. The zero-order chi connectivity index (χ0) is 15.2. The van der Waals surface area contributed by atoms with E-state index in [-0.39, 0.29) is 0 Å². The van der Waals surface area contributed by atoms with Gasteiger partial charge in [-0.1, -0.05) is 19.9 Å². The number of hydrogen-bond acceptors (Lipinski definition) is 5. The molecular weight excluding hydrogens is 280 g/mol. The Bertz CT molecular complexity index is 551. The van der Waals surface area contributed by atoms with Crippen molar-refractivity contribution in [1.82, 2.24) is 15.3 Å². The van der Waals surface area contributed by atoms with Crippen molar-refractivity contribution in [3.05, 3.63) is 40.7 Å². The van der Waals surface area contributed by atoms with Crippen LogP contribution in [0.5, 0.6) is 0 Å². The van der Waals surface area contributed by atoms with Gasteiger partial charge in [-0.2, -0.15) is 0 Å². The number of pyridine rings is 1. The number of hydrogen-bond donors (Lipinski definition) is 1. The van der Waals surface area contributed by atoms with Crippen LogP contribution in [0.4, 0.5) is 5.13 Å². The Kier molecular flexibility index (Phi) is 5.70. The molecule has 0 fully saturated rings. The third-order valence-electron chi connectivity index (χ3n) is 3.17. The molecule has 2 aromatic rings. The Morgan fingerprint density at radius 1 is 1.33 bits per heavy atom. The van der Waals surface area contributed by atoms with Gasteiger partial charge in [0.2, 0.25) is 0 Å². The molecule has 0 bridgehead atoms. The van der Waals surface area contributed by atoms with Crippen molar-refractivity contribution in [3.8, 4) is 0 Å². The summed E-state index contributed by atoms with van der Waals surface area (Å²) >= 11 is 1.76. The fraction of sp³-hybridized carbons (Fsp3) is 0.500. The summed E-state index contributed by atoms with van der Waals surface area (Å²) in [4.78, 5) is 12.5. The molecule has 0 saturated heterocycles. The first-order valence-electron chi connectivity index (χ1n) is 7.34. The average Bonchev–Trinajstić information content (AvgIpc) is 2.81. The molecule has 0 aliphatic rings. The predicted molar refractivity (Wildman–Crippen MR) is 89.7 cm³/mol. The van der Waals surface area contributed by atoms with Crippen LogP contribution in [-0.2, 0) is 13.1 Å². The maximum absolute atomic E-state index is 4.68. The van der Waals surface area contributed by atoms with Gasteiger partial charge in [0.1, 0.15) is 0 Å². The van der Waals surface area contributed by atoms with Crippen LogP contribution in [-0.4, -0.2) is 23.6 Å². The first-order chi connectivity index (χ1) is 10.1. The minimum absolute atomic E-state index is 0.671. The zero-order valence-electron chi connectivity index (χ0n) is 13.3. The lowest BCUT2D eigenvalue weighted by molar-refractivity contribution is 0.554. The first kappa shape index (κ1) is 15.9. The number of thiazole rings is 1. The molecule has 0 saturated carbocycles. The molecule has 114 valence electrons. The van der Waals surface area contributed by atoms with Gasteiger partial charge in [0.25, 0.3) is 0 Å². The van der Waals surface area contributed by atoms with Crippen molar-refractivity contribution in [3.63, 3.8) is 0 Å². The summed E-state index contributed by atoms with van der Waals surface area (Å²) in [7, 11) is 2.07. The van der Waals surface area contributed by atoms with Crippen molar-refractivity contribution in [1.29, 1.82) is 0 Å². The van der Waals surface area contributed by atoms with Crippen LogP contribution in [0.3, 0.4) is 0 Å². The van der Waals surface area contributed by atoms with E-state index in [9.17, 15) is 0 Å². The van der Waals surface area contributed by atoms with Crippen LogP contribution in [0.2, 0.25) is 0 Å². The van der Waals surface area contributed by atoms with E-state index in [0.717, 1.165) is 36.2 Å². The summed E-state index contributed by atoms with van der Waals surface area (Å²) in [5.41, 5.74) is 2.19. The molecule has 0 radical (unpaired) electrons. The molecule has 0 spiro atoms. The second-order valence-corrected chi connectivity index (χ2v) is 6.77. The summed E-state index contributed by atoms with van der Waals surface area (Å²) < 4.78 is 0. The number of aryl methyl sites for hydroxylation is 1. The summed E-state index contributed by atoms with van der Waals surface area (Å²) in [5.74, 6) is 0.671. The molecular formula is C16H24N4S. The molecule has 0 aliphatic carbocycles. The maximum atomic E-state index is 4.68. The van der Waals surface area contributed by atoms with Crippen molar-refractivity contribution < 1.29 is 0 Å². The van der Waals surface area contributed by atoms with E-state index in [1.165, 1.54) is 4.88 Å². The van der Waals surface area contributed by atoms with Gasteiger partial charge in [-0.3, -0.25) is 4.98 Å². The van der Waals surface area contributed by atoms with E-state index in [1.54, 1.807) is 11.3 Å². The minimum Gasteiger partial charge on any atom is -0.345 e. The molecule has 2 rings (SSSR count). The van der Waals surface area contributed by atoms with Gasteiger partial charge in [-0.25, -0.2) is 4.98 Å². The Balaban J connectivity index is 1.97. The molecule has 5 heteroatoms. The van der Waals surface area contributed by atoms with Crippen LogP contribution < -0.4 is 10.2 Å². The van der Waals surface area contributed by atoms with Gasteiger partial charge < -0.3 is 10.2 Å². The number of nitrogens with one attached hydrogen (secondary N) is 1. The molecule has 0 atom stereocenters. The van der Waals surface area contributed by atoms with E-state index in [2.05, 4.69) is 48.0 Å². The highest BCUT2D eigenvalue weighted by molar-refractivity contribution is 7.15. The number of rotatable bonds is 7. The largest absolute Gasteiger partial charge is 0.345 e. The highest BCUT2D eigenvalue weighted by atomic mass is 32.1. The van der Waals surface area contributed by atoms with Crippen molar-refractivity contribution in [2.24, 2.45) is 5.92 Å². The lowest BCUT2D eigenvalue weighted by atomic mass is 10.2. The monoisotopic (exact) mass is 304 g/mol. The number of anilines is 1. The molecule has 4 nitrogen and oxygen atoms in total. The molecule has 2 heterocycles. The SMILES string of the molecule is Cc1nc(N(C)Cc2ccccn2)sc1CNCC(C)C. The van der Waals surface area contributed by atoms with Crippen molar-refractivity contribution >= 4 is 16.5 Å². The molecule has 1 N–H and O–H groups in total. The van der Waals surface area contributed by atoms with E-state index in [4.69, 9.17) is 0 Å². The molecule has 2 aromatic heterocycles. The minimum atomic E-state index is 0.671. The van der Waals surface area contributed by atoms with Crippen LogP contribution in [0.25, 0.3) is 0 Å². The van der Waals surface area contributed by atoms with Crippen LogP contribution in [0, 0.1) is 12.8 Å². The average molecular weight is 304 g/mol. The highest BCUT2D eigenvalue weighted by Crippen LogP contribution is 2.26. The van der Waals surface area contributed by atoms with Gasteiger partial charge in [-0.15, -0.1) is 11.3 Å². The topological polar surface area (TPSA) is 41.1 Å². The molecule has 0 aromatic carbocycles. The lowest BCUT2D eigenvalue weighted by Gasteiger charge is -2.14. The standard InChI is InChI=1S/C16H24N4S/c1-12(2)9-17-10-15-13(3)19-16(21-15)20(4)11-14-7-5-6-8-18-14/h5-8,12,17H,9-11H2,1-4H3. The fourth-order valence-electron chi connectivity index (χ4n) is 2.02. The van der Waals surface area contributed by atoms with Gasteiger partial charge >= 0.3 is 0 Å². The summed E-state index contributed by atoms with van der Waals surface area (Å²) in [6, 6.07) is 6.00. The predicted octanol–water partition coefficient (Wildman–Crippen LogP) is 3.23. The second-order valence-electron chi connectivity index (χ2n) is 5.71. The van der Waals surface area contributed by atoms with E-state index >= 15 is 0 Å². The summed E-state index contributed by atoms with van der Waals surface area (Å²) in [5, 5.41) is 4.54. The fourth-order valence-corrected chi connectivity index (χ4v) is 3.01. The normalized spacial score (nSPS) is 11.1. The van der Waals surface area contributed by atoms with Gasteiger partial charge in [0.15, 0.2) is 5.13 Å². The quantitative estimate of drug-likeness (QED) is 0.852. The third-order valence-corrected chi connectivity index (χ3v) is 4.44. The molecule has 21 heavy (non-hydrogen) atoms. The summed E-state index contributed by atoms with van der Waals surface area (Å²) in [6.45, 7) is 9.25. The maximum Gasteiger partial charge on any atom is 0.185 e. The second kappa shape index (κ2) is 7.52. The smallest absolute Gasteiger partial charge is 0.185 e.